The number of aromatic nitrogens is 2. The van der Waals surface area contributed by atoms with Crippen molar-refractivity contribution in [1.29, 1.82) is 0 Å². The average molecular weight is 355 g/mol. The molecule has 21 heavy (non-hydrogen) atoms. The Labute approximate surface area is 130 Å². The maximum Gasteiger partial charge on any atom is 0.272 e. The van der Waals surface area contributed by atoms with Gasteiger partial charge in [0.25, 0.3) is 5.91 Å². The molecule has 112 valence electrons. The van der Waals surface area contributed by atoms with Gasteiger partial charge in [0.15, 0.2) is 5.69 Å². The van der Waals surface area contributed by atoms with Crippen LogP contribution in [0.3, 0.4) is 0 Å². The lowest BCUT2D eigenvalue weighted by Gasteiger charge is -2.06. The van der Waals surface area contributed by atoms with E-state index in [1.54, 1.807) is 18.3 Å². The molecule has 1 unspecified atom stereocenters. The molecule has 1 amide bonds. The smallest absolute Gasteiger partial charge is 0.272 e. The molecule has 1 aromatic carbocycles. The second-order valence-corrected chi connectivity index (χ2v) is 5.62. The first-order valence-corrected chi connectivity index (χ1v) is 7.31. The predicted molar refractivity (Wildman–Crippen MR) is 81.8 cm³/mol. The average Bonchev–Trinajstić information content (AvgIpc) is 2.81. The van der Waals surface area contributed by atoms with Crippen molar-refractivity contribution in [2.75, 3.05) is 6.54 Å². The van der Waals surface area contributed by atoms with Crippen LogP contribution in [-0.4, -0.2) is 28.3 Å². The molecule has 1 heterocycles. The summed E-state index contributed by atoms with van der Waals surface area (Å²) in [6.07, 6.45) is 2.36. The van der Waals surface area contributed by atoms with Crippen LogP contribution in [0.25, 0.3) is 5.69 Å². The zero-order valence-electron chi connectivity index (χ0n) is 11.5. The Morgan fingerprint density at radius 2 is 2.14 bits per heavy atom. The largest absolute Gasteiger partial charge is 0.351 e. The fraction of sp³-hybridized carbons (Fsp3) is 0.286. The number of carbonyl (C=O) groups is 1. The van der Waals surface area contributed by atoms with E-state index < -0.39 is 0 Å². The van der Waals surface area contributed by atoms with Crippen molar-refractivity contribution in [3.05, 3.63) is 46.4 Å². The molecule has 1 atom stereocenters. The lowest BCUT2D eigenvalue weighted by Crippen LogP contribution is -2.29. The van der Waals surface area contributed by atoms with Gasteiger partial charge in [-0.15, -0.1) is 0 Å². The highest BCUT2D eigenvalue weighted by atomic mass is 79.9. The molecule has 0 fully saturated rings. The van der Waals surface area contributed by atoms with Gasteiger partial charge in [-0.3, -0.25) is 4.79 Å². The summed E-state index contributed by atoms with van der Waals surface area (Å²) in [6.45, 7) is 2.37. The van der Waals surface area contributed by atoms with Crippen molar-refractivity contribution in [2.24, 2.45) is 5.73 Å². The van der Waals surface area contributed by atoms with E-state index in [9.17, 15) is 9.18 Å². The second-order valence-electron chi connectivity index (χ2n) is 4.77. The summed E-state index contributed by atoms with van der Waals surface area (Å²) in [4.78, 5) is 12.0. The zero-order valence-corrected chi connectivity index (χ0v) is 13.1. The van der Waals surface area contributed by atoms with E-state index >= 15 is 0 Å². The summed E-state index contributed by atoms with van der Waals surface area (Å²) in [6, 6.07) is 5.89. The molecule has 0 saturated carbocycles. The van der Waals surface area contributed by atoms with Crippen LogP contribution < -0.4 is 11.1 Å². The first-order valence-electron chi connectivity index (χ1n) is 6.52. The Hall–Kier alpha value is -1.73. The first-order chi connectivity index (χ1) is 9.97. The quantitative estimate of drug-likeness (QED) is 0.864. The van der Waals surface area contributed by atoms with Crippen LogP contribution in [0.5, 0.6) is 0 Å². The summed E-state index contributed by atoms with van der Waals surface area (Å²) in [5.41, 5.74) is 6.58. The predicted octanol–water partition coefficient (Wildman–Crippen LogP) is 2.24. The lowest BCUT2D eigenvalue weighted by molar-refractivity contribution is 0.0946. The van der Waals surface area contributed by atoms with E-state index in [0.29, 0.717) is 23.1 Å². The molecular weight excluding hydrogens is 339 g/mol. The SMILES string of the molecule is CC(N)CCNC(=O)c1nn(-c2ccc(F)cc2)cc1Br. The number of benzene rings is 1. The van der Waals surface area contributed by atoms with E-state index in [-0.39, 0.29) is 23.5 Å². The Balaban J connectivity index is 2.11. The number of hydrogen-bond donors (Lipinski definition) is 2. The fourth-order valence-corrected chi connectivity index (χ4v) is 2.18. The van der Waals surface area contributed by atoms with E-state index in [1.165, 1.54) is 16.8 Å². The maximum absolute atomic E-state index is 12.9. The number of carbonyl (C=O) groups excluding carboxylic acids is 1. The lowest BCUT2D eigenvalue weighted by atomic mass is 10.2. The van der Waals surface area contributed by atoms with Crippen LogP contribution in [0, 0.1) is 5.82 Å². The summed E-state index contributed by atoms with van der Waals surface area (Å²) < 4.78 is 15.0. The summed E-state index contributed by atoms with van der Waals surface area (Å²) in [5.74, 6) is -0.595. The third kappa shape index (κ3) is 4.12. The first kappa shape index (κ1) is 15.7. The highest BCUT2D eigenvalue weighted by Crippen LogP contribution is 2.18. The van der Waals surface area contributed by atoms with Gasteiger partial charge >= 0.3 is 0 Å². The highest BCUT2D eigenvalue weighted by Gasteiger charge is 2.15. The zero-order chi connectivity index (χ0) is 15.4. The Morgan fingerprint density at radius 3 is 2.76 bits per heavy atom. The molecule has 0 aliphatic carbocycles. The Kier molecular flexibility index (Phi) is 5.08. The van der Waals surface area contributed by atoms with Gasteiger partial charge in [0.1, 0.15) is 5.82 Å². The van der Waals surface area contributed by atoms with Crippen molar-refractivity contribution < 1.29 is 9.18 Å². The number of hydrogen-bond acceptors (Lipinski definition) is 3. The molecule has 0 spiro atoms. The van der Waals surface area contributed by atoms with Crippen molar-refractivity contribution in [1.82, 2.24) is 15.1 Å². The monoisotopic (exact) mass is 354 g/mol. The van der Waals surface area contributed by atoms with Crippen molar-refractivity contribution in [3.63, 3.8) is 0 Å². The van der Waals surface area contributed by atoms with Crippen molar-refractivity contribution in [3.8, 4) is 5.69 Å². The molecule has 0 bridgehead atoms. The molecule has 0 aliphatic heterocycles. The van der Waals surface area contributed by atoms with E-state index in [0.717, 1.165) is 0 Å². The summed E-state index contributed by atoms with van der Waals surface area (Å²) in [7, 11) is 0. The van der Waals surface area contributed by atoms with Gasteiger partial charge in [0.2, 0.25) is 0 Å². The molecule has 2 aromatic rings. The van der Waals surface area contributed by atoms with Crippen LogP contribution in [0.15, 0.2) is 34.9 Å². The van der Waals surface area contributed by atoms with Gasteiger partial charge in [0, 0.05) is 18.8 Å². The Bertz CT molecular complexity index is 624. The molecule has 0 aliphatic rings. The number of halogens is 2. The van der Waals surface area contributed by atoms with Gasteiger partial charge in [-0.2, -0.15) is 5.10 Å². The number of nitrogens with two attached hydrogens (primary N) is 1. The van der Waals surface area contributed by atoms with Gasteiger partial charge in [-0.1, -0.05) is 0 Å². The normalized spacial score (nSPS) is 12.2. The minimum absolute atomic E-state index is 0.0329. The van der Waals surface area contributed by atoms with Crippen molar-refractivity contribution in [2.45, 2.75) is 19.4 Å². The molecule has 0 radical (unpaired) electrons. The number of rotatable bonds is 5. The molecule has 2 rings (SSSR count). The number of amides is 1. The summed E-state index contributed by atoms with van der Waals surface area (Å²) in [5, 5.41) is 6.97. The van der Waals surface area contributed by atoms with E-state index in [4.69, 9.17) is 5.73 Å². The van der Waals surface area contributed by atoms with Crippen molar-refractivity contribution >= 4 is 21.8 Å². The standard InChI is InChI=1S/C14H16BrFN4O/c1-9(17)6-7-18-14(21)13-12(15)8-20(19-13)11-4-2-10(16)3-5-11/h2-5,8-9H,6-7,17H2,1H3,(H,18,21). The van der Waals surface area contributed by atoms with Gasteiger partial charge in [0.05, 0.1) is 10.2 Å². The second kappa shape index (κ2) is 6.82. The Morgan fingerprint density at radius 1 is 1.48 bits per heavy atom. The molecular formula is C14H16BrFN4O. The van der Waals surface area contributed by atoms with E-state index in [2.05, 4.69) is 26.3 Å². The molecule has 3 N–H and O–H groups in total. The van der Waals surface area contributed by atoms with Crippen LogP contribution in [0.4, 0.5) is 4.39 Å². The van der Waals surface area contributed by atoms with E-state index in [1.807, 2.05) is 6.92 Å². The third-order valence-electron chi connectivity index (χ3n) is 2.86. The minimum atomic E-state index is -0.321. The van der Waals surface area contributed by atoms with Gasteiger partial charge in [-0.25, -0.2) is 9.07 Å². The highest BCUT2D eigenvalue weighted by molar-refractivity contribution is 9.10. The number of nitrogens with zero attached hydrogens (tertiary/aromatic N) is 2. The van der Waals surface area contributed by atoms with Crippen LogP contribution in [0.2, 0.25) is 0 Å². The third-order valence-corrected chi connectivity index (χ3v) is 3.44. The van der Waals surface area contributed by atoms with Gasteiger partial charge in [-0.05, 0) is 53.5 Å². The molecule has 0 saturated heterocycles. The van der Waals surface area contributed by atoms with Crippen LogP contribution in [-0.2, 0) is 0 Å². The molecule has 7 heteroatoms. The van der Waals surface area contributed by atoms with Crippen LogP contribution in [0.1, 0.15) is 23.8 Å². The topological polar surface area (TPSA) is 72.9 Å². The maximum atomic E-state index is 12.9. The fourth-order valence-electron chi connectivity index (χ4n) is 1.73. The number of nitrogens with one attached hydrogen (secondary N) is 1. The minimum Gasteiger partial charge on any atom is -0.351 e. The molecule has 5 nitrogen and oxygen atoms in total. The molecule has 1 aromatic heterocycles. The van der Waals surface area contributed by atoms with Gasteiger partial charge < -0.3 is 11.1 Å². The summed E-state index contributed by atoms with van der Waals surface area (Å²) >= 11 is 3.31. The van der Waals surface area contributed by atoms with Crippen LogP contribution >= 0.6 is 15.9 Å².